The standard InChI is InChI=1S/C20H22F2N2O/c21-18-5-1-15(2-6-18)13-23-20(25)17-9-11-24(12-10-17)14-16-3-7-19(22)8-4-16/h1-8,17H,9-14H2,(H,23,25). The van der Waals surface area contributed by atoms with Crippen LogP contribution in [0, 0.1) is 17.6 Å². The molecule has 0 saturated carbocycles. The van der Waals surface area contributed by atoms with Crippen molar-refractivity contribution in [1.82, 2.24) is 10.2 Å². The van der Waals surface area contributed by atoms with Crippen LogP contribution in [0.15, 0.2) is 48.5 Å². The van der Waals surface area contributed by atoms with Gasteiger partial charge in [-0.25, -0.2) is 8.78 Å². The number of hydrogen-bond donors (Lipinski definition) is 1. The lowest BCUT2D eigenvalue weighted by Crippen LogP contribution is -2.40. The maximum atomic E-state index is 12.9. The summed E-state index contributed by atoms with van der Waals surface area (Å²) < 4.78 is 25.8. The normalized spacial score (nSPS) is 15.9. The first kappa shape index (κ1) is 17.5. The predicted molar refractivity (Wildman–Crippen MR) is 92.6 cm³/mol. The highest BCUT2D eigenvalue weighted by molar-refractivity contribution is 5.78. The number of amides is 1. The van der Waals surface area contributed by atoms with Crippen LogP contribution in [-0.4, -0.2) is 23.9 Å². The molecule has 3 nitrogen and oxygen atoms in total. The highest BCUT2D eigenvalue weighted by atomic mass is 19.1. The largest absolute Gasteiger partial charge is 0.352 e. The summed E-state index contributed by atoms with van der Waals surface area (Å²) in [4.78, 5) is 14.6. The minimum absolute atomic E-state index is 0.0184. The van der Waals surface area contributed by atoms with Crippen LogP contribution in [0.25, 0.3) is 0 Å². The minimum Gasteiger partial charge on any atom is -0.352 e. The van der Waals surface area contributed by atoms with Crippen LogP contribution in [0.4, 0.5) is 8.78 Å². The van der Waals surface area contributed by atoms with Gasteiger partial charge >= 0.3 is 0 Å². The van der Waals surface area contributed by atoms with Crippen molar-refractivity contribution in [3.8, 4) is 0 Å². The molecule has 0 radical (unpaired) electrons. The van der Waals surface area contributed by atoms with E-state index in [-0.39, 0.29) is 23.5 Å². The van der Waals surface area contributed by atoms with E-state index >= 15 is 0 Å². The number of rotatable bonds is 5. The van der Waals surface area contributed by atoms with Crippen molar-refractivity contribution < 1.29 is 13.6 Å². The van der Waals surface area contributed by atoms with E-state index in [4.69, 9.17) is 0 Å². The van der Waals surface area contributed by atoms with Gasteiger partial charge in [0.15, 0.2) is 0 Å². The summed E-state index contributed by atoms with van der Waals surface area (Å²) >= 11 is 0. The number of piperidine rings is 1. The van der Waals surface area contributed by atoms with Crippen molar-refractivity contribution in [1.29, 1.82) is 0 Å². The van der Waals surface area contributed by atoms with Crippen LogP contribution in [0.5, 0.6) is 0 Å². The van der Waals surface area contributed by atoms with Gasteiger partial charge in [0.25, 0.3) is 0 Å². The summed E-state index contributed by atoms with van der Waals surface area (Å²) in [5.41, 5.74) is 1.98. The third-order valence-electron chi connectivity index (χ3n) is 4.66. The Morgan fingerprint density at radius 1 is 0.920 bits per heavy atom. The zero-order valence-electron chi connectivity index (χ0n) is 14.1. The van der Waals surface area contributed by atoms with Gasteiger partial charge < -0.3 is 5.32 Å². The van der Waals surface area contributed by atoms with Crippen LogP contribution >= 0.6 is 0 Å². The Kier molecular flexibility index (Phi) is 5.76. The molecule has 1 N–H and O–H groups in total. The van der Waals surface area contributed by atoms with Gasteiger partial charge in [-0.15, -0.1) is 0 Å². The van der Waals surface area contributed by atoms with E-state index in [1.54, 1.807) is 24.3 Å². The Labute approximate surface area is 146 Å². The molecule has 0 aliphatic carbocycles. The maximum Gasteiger partial charge on any atom is 0.223 e. The van der Waals surface area contributed by atoms with Crippen molar-refractivity contribution in [2.75, 3.05) is 13.1 Å². The molecule has 1 fully saturated rings. The average Bonchev–Trinajstić information content (AvgIpc) is 2.63. The van der Waals surface area contributed by atoms with Crippen LogP contribution in [0.3, 0.4) is 0 Å². The number of likely N-dealkylation sites (tertiary alicyclic amines) is 1. The van der Waals surface area contributed by atoms with Crippen molar-refractivity contribution in [3.05, 3.63) is 71.3 Å². The highest BCUT2D eigenvalue weighted by Crippen LogP contribution is 2.19. The van der Waals surface area contributed by atoms with Gasteiger partial charge in [0.05, 0.1) is 0 Å². The Morgan fingerprint density at radius 3 is 2.00 bits per heavy atom. The van der Waals surface area contributed by atoms with E-state index in [0.717, 1.165) is 43.6 Å². The first-order valence-corrected chi connectivity index (χ1v) is 8.59. The molecule has 5 heteroatoms. The van der Waals surface area contributed by atoms with Crippen LogP contribution in [0.1, 0.15) is 24.0 Å². The summed E-state index contributed by atoms with van der Waals surface area (Å²) in [6.07, 6.45) is 1.63. The number of nitrogens with zero attached hydrogens (tertiary/aromatic N) is 1. The summed E-state index contributed by atoms with van der Waals surface area (Å²) in [5.74, 6) is -0.417. The van der Waals surface area contributed by atoms with E-state index in [1.165, 1.54) is 24.3 Å². The highest BCUT2D eigenvalue weighted by Gasteiger charge is 2.24. The van der Waals surface area contributed by atoms with Gasteiger partial charge in [0.1, 0.15) is 11.6 Å². The molecule has 132 valence electrons. The van der Waals surface area contributed by atoms with Gasteiger partial charge in [-0.05, 0) is 61.3 Å². The predicted octanol–water partition coefficient (Wildman–Crippen LogP) is 3.49. The molecule has 0 spiro atoms. The van der Waals surface area contributed by atoms with Gasteiger partial charge in [-0.3, -0.25) is 9.69 Å². The maximum absolute atomic E-state index is 12.9. The van der Waals surface area contributed by atoms with E-state index in [0.29, 0.717) is 6.54 Å². The van der Waals surface area contributed by atoms with Gasteiger partial charge in [0, 0.05) is 19.0 Å². The SMILES string of the molecule is O=C(NCc1ccc(F)cc1)C1CCN(Cc2ccc(F)cc2)CC1. The third kappa shape index (κ3) is 5.10. The molecule has 1 amide bonds. The van der Waals surface area contributed by atoms with E-state index in [9.17, 15) is 13.6 Å². The van der Waals surface area contributed by atoms with Crippen LogP contribution in [-0.2, 0) is 17.9 Å². The molecule has 25 heavy (non-hydrogen) atoms. The third-order valence-corrected chi connectivity index (χ3v) is 4.66. The Balaban J connectivity index is 1.42. The molecule has 0 unspecified atom stereocenters. The molecule has 2 aromatic rings. The van der Waals surface area contributed by atoms with E-state index in [1.807, 2.05) is 0 Å². The summed E-state index contributed by atoms with van der Waals surface area (Å²) in [6, 6.07) is 12.7. The second kappa shape index (κ2) is 8.21. The number of hydrogen-bond acceptors (Lipinski definition) is 2. The molecule has 0 bridgehead atoms. The molecule has 1 aliphatic rings. The number of benzene rings is 2. The lowest BCUT2D eigenvalue weighted by atomic mass is 9.95. The van der Waals surface area contributed by atoms with Gasteiger partial charge in [0.2, 0.25) is 5.91 Å². The Bertz CT molecular complexity index is 693. The topological polar surface area (TPSA) is 32.3 Å². The molecule has 1 saturated heterocycles. The van der Waals surface area contributed by atoms with E-state index < -0.39 is 0 Å². The molecule has 3 rings (SSSR count). The molecular weight excluding hydrogens is 322 g/mol. The summed E-state index contributed by atoms with van der Waals surface area (Å²) in [7, 11) is 0. The fourth-order valence-corrected chi connectivity index (χ4v) is 3.14. The van der Waals surface area contributed by atoms with Crippen molar-refractivity contribution >= 4 is 5.91 Å². The van der Waals surface area contributed by atoms with Crippen LogP contribution in [0.2, 0.25) is 0 Å². The van der Waals surface area contributed by atoms with Crippen molar-refractivity contribution in [3.63, 3.8) is 0 Å². The average molecular weight is 344 g/mol. The molecule has 0 aromatic heterocycles. The first-order valence-electron chi connectivity index (χ1n) is 8.59. The number of halogens is 2. The number of nitrogens with one attached hydrogen (secondary N) is 1. The molecule has 2 aromatic carbocycles. The molecule has 1 heterocycles. The lowest BCUT2D eigenvalue weighted by Gasteiger charge is -2.31. The zero-order chi connectivity index (χ0) is 17.6. The molecule has 1 aliphatic heterocycles. The Morgan fingerprint density at radius 2 is 1.44 bits per heavy atom. The first-order chi connectivity index (χ1) is 12.1. The van der Waals surface area contributed by atoms with Crippen LogP contribution < -0.4 is 5.32 Å². The van der Waals surface area contributed by atoms with Crippen molar-refractivity contribution in [2.45, 2.75) is 25.9 Å². The fraction of sp³-hybridized carbons (Fsp3) is 0.350. The second-order valence-corrected chi connectivity index (χ2v) is 6.52. The second-order valence-electron chi connectivity index (χ2n) is 6.52. The summed E-state index contributed by atoms with van der Waals surface area (Å²) in [5, 5.41) is 2.94. The number of carbonyl (C=O) groups is 1. The summed E-state index contributed by atoms with van der Waals surface area (Å²) in [6.45, 7) is 2.91. The molecule has 0 atom stereocenters. The smallest absolute Gasteiger partial charge is 0.223 e. The minimum atomic E-state index is -0.274. The quantitative estimate of drug-likeness (QED) is 0.900. The van der Waals surface area contributed by atoms with Crippen molar-refractivity contribution in [2.24, 2.45) is 5.92 Å². The zero-order valence-corrected chi connectivity index (χ0v) is 14.1. The monoisotopic (exact) mass is 344 g/mol. The Hall–Kier alpha value is -2.27. The van der Waals surface area contributed by atoms with Gasteiger partial charge in [-0.1, -0.05) is 24.3 Å². The molecular formula is C20H22F2N2O. The van der Waals surface area contributed by atoms with E-state index in [2.05, 4.69) is 10.2 Å². The lowest BCUT2D eigenvalue weighted by molar-refractivity contribution is -0.126. The fourth-order valence-electron chi connectivity index (χ4n) is 3.14. The number of carbonyl (C=O) groups excluding carboxylic acids is 1. The van der Waals surface area contributed by atoms with Gasteiger partial charge in [-0.2, -0.15) is 0 Å².